The Morgan fingerprint density at radius 3 is 2.60 bits per heavy atom. The van der Waals surface area contributed by atoms with E-state index in [1.54, 1.807) is 31.4 Å². The van der Waals surface area contributed by atoms with Crippen molar-refractivity contribution in [1.82, 2.24) is 15.6 Å². The molecule has 1 heterocycles. The number of nitrogens with one attached hydrogen (secondary N) is 3. The van der Waals surface area contributed by atoms with Crippen LogP contribution in [0.1, 0.15) is 15.9 Å². The number of aromatic amines is 1. The second-order valence-corrected chi connectivity index (χ2v) is 5.55. The fourth-order valence-corrected chi connectivity index (χ4v) is 2.61. The molecule has 128 valence electrons. The van der Waals surface area contributed by atoms with E-state index in [9.17, 15) is 9.59 Å². The molecular weight excluding hydrogens is 318 g/mol. The topological polar surface area (TPSA) is 83.2 Å². The van der Waals surface area contributed by atoms with Gasteiger partial charge in [-0.15, -0.1) is 0 Å². The molecule has 3 rings (SSSR count). The Hall–Kier alpha value is -3.28. The zero-order chi connectivity index (χ0) is 17.6. The number of rotatable bonds is 5. The van der Waals surface area contributed by atoms with Crippen molar-refractivity contribution in [3.63, 3.8) is 0 Å². The number of carbonyl (C=O) groups is 2. The van der Waals surface area contributed by atoms with Crippen LogP contribution >= 0.6 is 0 Å². The molecule has 25 heavy (non-hydrogen) atoms. The first kappa shape index (κ1) is 16.6. The molecular formula is C19H19N3O3. The van der Waals surface area contributed by atoms with Gasteiger partial charge in [-0.05, 0) is 42.3 Å². The number of imide groups is 1. The number of H-pyrrole nitrogens is 1. The van der Waals surface area contributed by atoms with Crippen LogP contribution in [-0.2, 0) is 6.42 Å². The van der Waals surface area contributed by atoms with Gasteiger partial charge in [0, 0.05) is 29.2 Å². The largest absolute Gasteiger partial charge is 0.497 e. The Balaban J connectivity index is 1.50. The number of fused-ring (bicyclic) bond motifs is 1. The molecule has 1 aromatic heterocycles. The van der Waals surface area contributed by atoms with Gasteiger partial charge in [-0.25, -0.2) is 4.79 Å². The second-order valence-electron chi connectivity index (χ2n) is 5.55. The van der Waals surface area contributed by atoms with Gasteiger partial charge >= 0.3 is 6.03 Å². The Labute approximate surface area is 145 Å². The third-order valence-corrected chi connectivity index (χ3v) is 3.93. The molecule has 6 nitrogen and oxygen atoms in total. The fourth-order valence-electron chi connectivity index (χ4n) is 2.61. The van der Waals surface area contributed by atoms with Crippen LogP contribution in [0.3, 0.4) is 0 Å². The summed E-state index contributed by atoms with van der Waals surface area (Å²) in [7, 11) is 1.55. The van der Waals surface area contributed by atoms with E-state index < -0.39 is 11.9 Å². The highest BCUT2D eigenvalue weighted by Crippen LogP contribution is 2.17. The van der Waals surface area contributed by atoms with E-state index >= 15 is 0 Å². The van der Waals surface area contributed by atoms with Gasteiger partial charge in [0.25, 0.3) is 5.91 Å². The lowest BCUT2D eigenvalue weighted by Gasteiger charge is -2.07. The van der Waals surface area contributed by atoms with Gasteiger partial charge < -0.3 is 15.0 Å². The molecule has 0 saturated heterocycles. The number of benzene rings is 2. The maximum Gasteiger partial charge on any atom is 0.321 e. The summed E-state index contributed by atoms with van der Waals surface area (Å²) < 4.78 is 5.04. The third kappa shape index (κ3) is 3.98. The quantitative estimate of drug-likeness (QED) is 0.669. The average molecular weight is 337 g/mol. The summed E-state index contributed by atoms with van der Waals surface area (Å²) in [6.07, 6.45) is 2.61. The first-order valence-electron chi connectivity index (χ1n) is 7.95. The van der Waals surface area contributed by atoms with Crippen molar-refractivity contribution < 1.29 is 14.3 Å². The molecule has 0 saturated carbocycles. The second kappa shape index (κ2) is 7.53. The summed E-state index contributed by atoms with van der Waals surface area (Å²) >= 11 is 0. The van der Waals surface area contributed by atoms with Crippen LogP contribution in [0, 0.1) is 0 Å². The molecule has 6 heteroatoms. The molecule has 0 aliphatic carbocycles. The Morgan fingerprint density at radius 2 is 1.84 bits per heavy atom. The highest BCUT2D eigenvalue weighted by molar-refractivity contribution is 6.04. The summed E-state index contributed by atoms with van der Waals surface area (Å²) in [6, 6.07) is 14.0. The van der Waals surface area contributed by atoms with Crippen molar-refractivity contribution in [3.8, 4) is 5.75 Å². The van der Waals surface area contributed by atoms with Crippen molar-refractivity contribution in [2.45, 2.75) is 6.42 Å². The summed E-state index contributed by atoms with van der Waals surface area (Å²) in [5, 5.41) is 6.15. The maximum absolute atomic E-state index is 12.0. The number of carbonyl (C=O) groups excluding carboxylic acids is 2. The number of amides is 3. The van der Waals surface area contributed by atoms with Crippen molar-refractivity contribution in [1.29, 1.82) is 0 Å². The van der Waals surface area contributed by atoms with Crippen LogP contribution in [0.15, 0.2) is 54.7 Å². The van der Waals surface area contributed by atoms with Crippen molar-refractivity contribution in [2.75, 3.05) is 13.7 Å². The van der Waals surface area contributed by atoms with E-state index in [0.717, 1.165) is 16.5 Å². The predicted molar refractivity (Wildman–Crippen MR) is 95.9 cm³/mol. The molecule has 0 aliphatic rings. The van der Waals surface area contributed by atoms with Gasteiger partial charge in [-0.2, -0.15) is 0 Å². The zero-order valence-electron chi connectivity index (χ0n) is 13.8. The number of para-hydroxylation sites is 1. The normalized spacial score (nSPS) is 10.4. The standard InChI is InChI=1S/C19H19N3O3/c1-25-15-8-6-13(7-9-15)18(23)22-19(24)20-11-10-14-12-21-17-5-3-2-4-16(14)17/h2-9,12,21H,10-11H2,1H3,(H2,20,22,23,24). The number of hydrogen-bond acceptors (Lipinski definition) is 3. The minimum Gasteiger partial charge on any atom is -0.497 e. The van der Waals surface area contributed by atoms with E-state index in [1.165, 1.54) is 0 Å². The molecule has 0 unspecified atom stereocenters. The highest BCUT2D eigenvalue weighted by atomic mass is 16.5. The smallest absolute Gasteiger partial charge is 0.321 e. The maximum atomic E-state index is 12.0. The minimum absolute atomic E-state index is 0.396. The minimum atomic E-state index is -0.513. The van der Waals surface area contributed by atoms with E-state index in [2.05, 4.69) is 15.6 Å². The SMILES string of the molecule is COc1ccc(C(=O)NC(=O)NCCc2c[nH]c3ccccc23)cc1. The molecule has 3 aromatic rings. The molecule has 0 fully saturated rings. The molecule has 0 bridgehead atoms. The first-order chi connectivity index (χ1) is 12.2. The highest BCUT2D eigenvalue weighted by Gasteiger charge is 2.10. The molecule has 0 spiro atoms. The summed E-state index contributed by atoms with van der Waals surface area (Å²) in [4.78, 5) is 27.1. The lowest BCUT2D eigenvalue weighted by atomic mass is 10.1. The number of methoxy groups -OCH3 is 1. The third-order valence-electron chi connectivity index (χ3n) is 3.93. The Kier molecular flexibility index (Phi) is 4.99. The summed E-state index contributed by atoms with van der Waals surface area (Å²) in [5.74, 6) is 0.201. The lowest BCUT2D eigenvalue weighted by Crippen LogP contribution is -2.40. The van der Waals surface area contributed by atoms with Gasteiger partial charge in [-0.1, -0.05) is 18.2 Å². The van der Waals surface area contributed by atoms with Crippen molar-refractivity contribution in [3.05, 3.63) is 65.9 Å². The van der Waals surface area contributed by atoms with E-state index in [0.29, 0.717) is 24.3 Å². The van der Waals surface area contributed by atoms with Crippen LogP contribution < -0.4 is 15.4 Å². The molecule has 3 amide bonds. The van der Waals surface area contributed by atoms with Crippen LogP contribution in [0.5, 0.6) is 5.75 Å². The summed E-state index contributed by atoms with van der Waals surface area (Å²) in [6.45, 7) is 0.434. The molecule has 0 aliphatic heterocycles. The summed E-state index contributed by atoms with van der Waals surface area (Å²) in [5.41, 5.74) is 2.58. The molecule has 0 atom stereocenters. The lowest BCUT2D eigenvalue weighted by molar-refractivity contribution is 0.0964. The fraction of sp³-hybridized carbons (Fsp3) is 0.158. The van der Waals surface area contributed by atoms with E-state index in [1.807, 2.05) is 30.5 Å². The van der Waals surface area contributed by atoms with Crippen LogP contribution in [-0.4, -0.2) is 30.6 Å². The number of aromatic nitrogens is 1. The van der Waals surface area contributed by atoms with Crippen LogP contribution in [0.2, 0.25) is 0 Å². The van der Waals surface area contributed by atoms with Gasteiger partial charge in [0.2, 0.25) is 0 Å². The molecule has 0 radical (unpaired) electrons. The number of urea groups is 1. The van der Waals surface area contributed by atoms with E-state index in [-0.39, 0.29) is 0 Å². The van der Waals surface area contributed by atoms with Crippen molar-refractivity contribution in [2.24, 2.45) is 0 Å². The number of hydrogen-bond donors (Lipinski definition) is 3. The molecule has 2 aromatic carbocycles. The first-order valence-corrected chi connectivity index (χ1v) is 7.95. The van der Waals surface area contributed by atoms with Crippen LogP contribution in [0.25, 0.3) is 10.9 Å². The Morgan fingerprint density at radius 1 is 1.08 bits per heavy atom. The number of ether oxygens (including phenoxy) is 1. The monoisotopic (exact) mass is 337 g/mol. The van der Waals surface area contributed by atoms with E-state index in [4.69, 9.17) is 4.74 Å². The van der Waals surface area contributed by atoms with Crippen molar-refractivity contribution >= 4 is 22.8 Å². The van der Waals surface area contributed by atoms with Crippen LogP contribution in [0.4, 0.5) is 4.79 Å². The van der Waals surface area contributed by atoms with Gasteiger partial charge in [0.05, 0.1) is 7.11 Å². The predicted octanol–water partition coefficient (Wildman–Crippen LogP) is 2.86. The van der Waals surface area contributed by atoms with Gasteiger partial charge in [0.15, 0.2) is 0 Å². The molecule has 3 N–H and O–H groups in total. The zero-order valence-corrected chi connectivity index (χ0v) is 13.8. The average Bonchev–Trinajstić information content (AvgIpc) is 3.05. The Bertz CT molecular complexity index is 884. The van der Waals surface area contributed by atoms with Gasteiger partial charge in [0.1, 0.15) is 5.75 Å². The van der Waals surface area contributed by atoms with Gasteiger partial charge in [-0.3, -0.25) is 10.1 Å².